The number of fused-ring (bicyclic) bond motifs is 1. The minimum absolute atomic E-state index is 0.258. The largest absolute Gasteiger partial charge is 0.497 e. The van der Waals surface area contributed by atoms with Crippen molar-refractivity contribution < 1.29 is 13.9 Å². The summed E-state index contributed by atoms with van der Waals surface area (Å²) in [6.07, 6.45) is 0.329. The van der Waals surface area contributed by atoms with E-state index < -0.39 is 5.63 Å². The van der Waals surface area contributed by atoms with Gasteiger partial charge in [-0.1, -0.05) is 47.5 Å². The number of methoxy groups -OCH3 is 1. The lowest BCUT2D eigenvalue weighted by molar-refractivity contribution is 0.304. The lowest BCUT2D eigenvalue weighted by atomic mass is 10.0. The topological polar surface area (TPSA) is 48.7 Å². The molecule has 0 spiro atoms. The zero-order chi connectivity index (χ0) is 21.1. The van der Waals surface area contributed by atoms with Crippen molar-refractivity contribution in [3.8, 4) is 11.5 Å². The molecule has 0 radical (unpaired) electrons. The van der Waals surface area contributed by atoms with E-state index in [1.807, 2.05) is 42.5 Å². The molecule has 0 aliphatic rings. The molecule has 0 atom stereocenters. The number of hydrogen-bond acceptors (Lipinski definition) is 4. The zero-order valence-electron chi connectivity index (χ0n) is 16.2. The average Bonchev–Trinajstić information content (AvgIpc) is 2.73. The van der Waals surface area contributed by atoms with Gasteiger partial charge in [0.1, 0.15) is 23.7 Å². The van der Waals surface area contributed by atoms with Gasteiger partial charge in [-0.25, -0.2) is 4.79 Å². The number of hydrogen-bond donors (Lipinski definition) is 0. The van der Waals surface area contributed by atoms with Crippen LogP contribution in [0, 0.1) is 0 Å². The Morgan fingerprint density at radius 2 is 1.60 bits per heavy atom. The Morgan fingerprint density at radius 1 is 0.900 bits per heavy atom. The maximum Gasteiger partial charge on any atom is 0.343 e. The Kier molecular flexibility index (Phi) is 5.98. The monoisotopic (exact) mass is 440 g/mol. The molecule has 30 heavy (non-hydrogen) atoms. The van der Waals surface area contributed by atoms with Crippen LogP contribution in [0.5, 0.6) is 11.5 Å². The van der Waals surface area contributed by atoms with E-state index in [2.05, 4.69) is 0 Å². The highest BCUT2D eigenvalue weighted by atomic mass is 35.5. The van der Waals surface area contributed by atoms with E-state index >= 15 is 0 Å². The molecule has 0 aliphatic heterocycles. The zero-order valence-corrected chi connectivity index (χ0v) is 17.7. The van der Waals surface area contributed by atoms with Crippen LogP contribution in [0.15, 0.2) is 75.9 Å². The van der Waals surface area contributed by atoms with E-state index in [0.29, 0.717) is 44.5 Å². The van der Waals surface area contributed by atoms with Crippen LogP contribution in [0.2, 0.25) is 10.0 Å². The highest BCUT2D eigenvalue weighted by molar-refractivity contribution is 6.30. The highest BCUT2D eigenvalue weighted by Gasteiger charge is 2.18. The van der Waals surface area contributed by atoms with Crippen LogP contribution in [0.3, 0.4) is 0 Å². The standard InChI is InChI=1S/C24H18Cl2O4/c1-28-19-8-9-20-22(13-19)30-24(27)21(12-15-4-2-6-17(25)10-15)23(20)29-14-16-5-3-7-18(26)11-16/h2-11,13H,12,14H2,1H3. The van der Waals surface area contributed by atoms with Crippen LogP contribution in [-0.2, 0) is 13.0 Å². The van der Waals surface area contributed by atoms with Gasteiger partial charge in [0, 0.05) is 22.5 Å². The fourth-order valence-corrected chi connectivity index (χ4v) is 3.69. The first kappa shape index (κ1) is 20.3. The summed E-state index contributed by atoms with van der Waals surface area (Å²) in [5.41, 5.74) is 2.14. The van der Waals surface area contributed by atoms with Crippen LogP contribution in [-0.4, -0.2) is 7.11 Å². The lowest BCUT2D eigenvalue weighted by Gasteiger charge is -2.14. The fraction of sp³-hybridized carbons (Fsp3) is 0.125. The molecule has 0 aliphatic carbocycles. The number of halogens is 2. The van der Waals surface area contributed by atoms with E-state index in [9.17, 15) is 4.79 Å². The molecule has 0 bridgehead atoms. The van der Waals surface area contributed by atoms with Crippen molar-refractivity contribution in [1.29, 1.82) is 0 Å². The maximum absolute atomic E-state index is 12.9. The quantitative estimate of drug-likeness (QED) is 0.331. The number of benzene rings is 3. The Morgan fingerprint density at radius 3 is 2.30 bits per heavy atom. The van der Waals surface area contributed by atoms with E-state index in [0.717, 1.165) is 11.1 Å². The SMILES string of the molecule is COc1ccc2c(OCc3cccc(Cl)c3)c(Cc3cccc(Cl)c3)c(=O)oc2c1. The van der Waals surface area contributed by atoms with Gasteiger partial charge < -0.3 is 13.9 Å². The van der Waals surface area contributed by atoms with E-state index in [1.165, 1.54) is 0 Å². The normalized spacial score (nSPS) is 10.9. The molecule has 152 valence electrons. The molecule has 4 rings (SSSR count). The van der Waals surface area contributed by atoms with Crippen molar-refractivity contribution in [3.63, 3.8) is 0 Å². The predicted molar refractivity (Wildman–Crippen MR) is 119 cm³/mol. The second kappa shape index (κ2) is 8.82. The first-order chi connectivity index (χ1) is 14.5. The summed E-state index contributed by atoms with van der Waals surface area (Å²) < 4.78 is 17.0. The van der Waals surface area contributed by atoms with Crippen molar-refractivity contribution in [2.45, 2.75) is 13.0 Å². The van der Waals surface area contributed by atoms with Crippen molar-refractivity contribution in [1.82, 2.24) is 0 Å². The summed E-state index contributed by atoms with van der Waals surface area (Å²) in [6, 6.07) is 20.1. The van der Waals surface area contributed by atoms with Crippen molar-refractivity contribution in [3.05, 3.63) is 104 Å². The Bertz CT molecular complexity index is 1260. The van der Waals surface area contributed by atoms with E-state index in [-0.39, 0.29) is 6.61 Å². The first-order valence-electron chi connectivity index (χ1n) is 9.29. The van der Waals surface area contributed by atoms with Gasteiger partial charge in [0.25, 0.3) is 0 Å². The van der Waals surface area contributed by atoms with E-state index in [4.69, 9.17) is 37.1 Å². The maximum atomic E-state index is 12.9. The highest BCUT2D eigenvalue weighted by Crippen LogP contribution is 2.32. The molecule has 1 aromatic heterocycles. The second-order valence-electron chi connectivity index (χ2n) is 6.78. The number of rotatable bonds is 6. The number of ether oxygens (including phenoxy) is 2. The predicted octanol–water partition coefficient (Wildman–Crippen LogP) is 6.28. The third-order valence-corrected chi connectivity index (χ3v) is 5.17. The first-order valence-corrected chi connectivity index (χ1v) is 10.0. The molecule has 0 saturated carbocycles. The smallest absolute Gasteiger partial charge is 0.343 e. The molecule has 6 heteroatoms. The van der Waals surface area contributed by atoms with Gasteiger partial charge in [0.15, 0.2) is 0 Å². The molecule has 1 heterocycles. The summed E-state index contributed by atoms with van der Waals surface area (Å²) in [5.74, 6) is 1.07. The van der Waals surface area contributed by atoms with Gasteiger partial charge in [-0.3, -0.25) is 0 Å². The average molecular weight is 441 g/mol. The van der Waals surface area contributed by atoms with Crippen LogP contribution in [0.4, 0.5) is 0 Å². The molecular formula is C24H18Cl2O4. The fourth-order valence-electron chi connectivity index (χ4n) is 3.27. The molecule has 0 N–H and O–H groups in total. The molecular weight excluding hydrogens is 423 g/mol. The van der Waals surface area contributed by atoms with Crippen LogP contribution >= 0.6 is 23.2 Å². The third-order valence-electron chi connectivity index (χ3n) is 4.70. The van der Waals surface area contributed by atoms with Crippen LogP contribution < -0.4 is 15.1 Å². The van der Waals surface area contributed by atoms with Crippen LogP contribution in [0.1, 0.15) is 16.7 Å². The Hall–Kier alpha value is -2.95. The summed E-state index contributed by atoms with van der Waals surface area (Å²) >= 11 is 12.2. The third kappa shape index (κ3) is 4.45. The van der Waals surface area contributed by atoms with E-state index in [1.54, 1.807) is 31.4 Å². The Labute approximate surface area is 183 Å². The molecule has 4 nitrogen and oxygen atoms in total. The van der Waals surface area contributed by atoms with Gasteiger partial charge in [-0.05, 0) is 47.5 Å². The Balaban J connectivity index is 1.80. The van der Waals surface area contributed by atoms with Gasteiger partial charge in [0.05, 0.1) is 18.1 Å². The van der Waals surface area contributed by atoms with Gasteiger partial charge in [0.2, 0.25) is 0 Å². The van der Waals surface area contributed by atoms with Crippen molar-refractivity contribution in [2.24, 2.45) is 0 Å². The summed E-state index contributed by atoms with van der Waals surface area (Å²) in [4.78, 5) is 12.9. The van der Waals surface area contributed by atoms with Crippen molar-refractivity contribution in [2.75, 3.05) is 7.11 Å². The summed E-state index contributed by atoms with van der Waals surface area (Å²) in [6.45, 7) is 0.258. The van der Waals surface area contributed by atoms with Gasteiger partial charge >= 0.3 is 5.63 Å². The molecule has 3 aromatic carbocycles. The molecule has 0 fully saturated rings. The summed E-state index contributed by atoms with van der Waals surface area (Å²) in [5, 5.41) is 1.91. The minimum atomic E-state index is -0.461. The molecule has 4 aromatic rings. The minimum Gasteiger partial charge on any atom is -0.497 e. The van der Waals surface area contributed by atoms with Gasteiger partial charge in [-0.15, -0.1) is 0 Å². The van der Waals surface area contributed by atoms with Crippen molar-refractivity contribution >= 4 is 34.2 Å². The lowest BCUT2D eigenvalue weighted by Crippen LogP contribution is -2.12. The summed E-state index contributed by atoms with van der Waals surface area (Å²) in [7, 11) is 1.56. The van der Waals surface area contributed by atoms with Gasteiger partial charge in [-0.2, -0.15) is 0 Å². The molecule has 0 saturated heterocycles. The van der Waals surface area contributed by atoms with Crippen LogP contribution in [0.25, 0.3) is 11.0 Å². The molecule has 0 unspecified atom stereocenters. The molecule has 0 amide bonds. The second-order valence-corrected chi connectivity index (χ2v) is 7.66.